The minimum Gasteiger partial charge on any atom is -0.356 e. The van der Waals surface area contributed by atoms with Crippen LogP contribution in [0.1, 0.15) is 73.9 Å². The summed E-state index contributed by atoms with van der Waals surface area (Å²) in [4.78, 5) is 39.6. The lowest BCUT2D eigenvalue weighted by Gasteiger charge is -2.41. The number of nitrogens with zero attached hydrogens (tertiary/aromatic N) is 4. The van der Waals surface area contributed by atoms with Crippen LogP contribution >= 0.6 is 23.4 Å². The molecule has 0 radical (unpaired) electrons. The average Bonchev–Trinajstić information content (AvgIpc) is 3.03. The van der Waals surface area contributed by atoms with Gasteiger partial charge in [0.1, 0.15) is 16.8 Å². The third-order valence-corrected chi connectivity index (χ3v) is 10.1. The van der Waals surface area contributed by atoms with E-state index in [4.69, 9.17) is 16.6 Å². The van der Waals surface area contributed by atoms with Gasteiger partial charge in [-0.1, -0.05) is 72.2 Å². The highest BCUT2D eigenvalue weighted by Gasteiger charge is 2.40. The smallest absolute Gasteiger partial charge is 0.251 e. The molecule has 1 amide bonds. The Morgan fingerprint density at radius 2 is 1.81 bits per heavy atom. The van der Waals surface area contributed by atoms with Crippen LogP contribution in [-0.2, 0) is 16.0 Å². The number of amides is 1. The molecule has 2 fully saturated rings. The van der Waals surface area contributed by atoms with E-state index in [1.54, 1.807) is 13.0 Å². The van der Waals surface area contributed by atoms with Crippen LogP contribution in [0.3, 0.4) is 0 Å². The van der Waals surface area contributed by atoms with Crippen LogP contribution in [0.5, 0.6) is 0 Å². The molecule has 2 aromatic carbocycles. The van der Waals surface area contributed by atoms with Crippen LogP contribution in [0.25, 0.3) is 0 Å². The van der Waals surface area contributed by atoms with Gasteiger partial charge in [-0.3, -0.25) is 9.59 Å². The lowest BCUT2D eigenvalue weighted by atomic mass is 9.70. The number of nitrogens with one attached hydrogen (secondary N) is 1. The highest BCUT2D eigenvalue weighted by atomic mass is 35.5. The summed E-state index contributed by atoms with van der Waals surface area (Å²) >= 11 is 7.94. The number of ketones is 1. The Balaban J connectivity index is 1.15. The van der Waals surface area contributed by atoms with Crippen molar-refractivity contribution in [3.63, 3.8) is 0 Å². The molecule has 0 aliphatic carbocycles. The number of aromatic nitrogens is 2. The second kappa shape index (κ2) is 14.7. The number of carbonyl (C=O) groups is 2. The molecule has 2 saturated heterocycles. The zero-order valence-corrected chi connectivity index (χ0v) is 26.8. The third kappa shape index (κ3) is 7.97. The highest BCUT2D eigenvalue weighted by molar-refractivity contribution is 7.98. The predicted octanol–water partition coefficient (Wildman–Crippen LogP) is 6.54. The summed E-state index contributed by atoms with van der Waals surface area (Å²) in [6, 6.07) is 20.3. The van der Waals surface area contributed by atoms with E-state index < -0.39 is 5.41 Å². The van der Waals surface area contributed by atoms with E-state index in [0.717, 1.165) is 42.8 Å². The number of rotatable bonds is 11. The van der Waals surface area contributed by atoms with Crippen LogP contribution in [-0.4, -0.2) is 65.3 Å². The summed E-state index contributed by atoms with van der Waals surface area (Å²) in [5, 5.41) is 4.08. The zero-order chi connectivity index (χ0) is 30.2. The van der Waals surface area contributed by atoms with Gasteiger partial charge in [0, 0.05) is 49.6 Å². The van der Waals surface area contributed by atoms with E-state index in [1.165, 1.54) is 37.6 Å². The molecule has 3 heterocycles. The molecular weight excluding hydrogens is 578 g/mol. The van der Waals surface area contributed by atoms with Gasteiger partial charge in [0.2, 0.25) is 0 Å². The number of hydrogen-bond acceptors (Lipinski definition) is 7. The molecule has 1 unspecified atom stereocenters. The SMILES string of the molecule is CC(=O)C1(c2ccccc2)CCN(c2cc(Cl)nc(SCc3cccc(C(=O)NCCCN4CCCCC4C)c3)n2)CC1. The van der Waals surface area contributed by atoms with Gasteiger partial charge in [0.25, 0.3) is 5.91 Å². The molecule has 3 aromatic rings. The van der Waals surface area contributed by atoms with Crippen molar-refractivity contribution in [1.29, 1.82) is 0 Å². The van der Waals surface area contributed by atoms with Gasteiger partial charge < -0.3 is 15.1 Å². The van der Waals surface area contributed by atoms with Gasteiger partial charge in [0.05, 0.1) is 5.41 Å². The van der Waals surface area contributed by atoms with Gasteiger partial charge in [-0.2, -0.15) is 0 Å². The molecule has 228 valence electrons. The van der Waals surface area contributed by atoms with Gasteiger partial charge >= 0.3 is 0 Å². The van der Waals surface area contributed by atoms with Crippen LogP contribution in [0.4, 0.5) is 5.82 Å². The monoisotopic (exact) mass is 619 g/mol. The maximum atomic E-state index is 12.8. The van der Waals surface area contributed by atoms with Crippen LogP contribution in [0, 0.1) is 0 Å². The lowest BCUT2D eigenvalue weighted by Crippen LogP contribution is -2.47. The molecule has 7 nitrogen and oxygen atoms in total. The predicted molar refractivity (Wildman–Crippen MR) is 175 cm³/mol. The summed E-state index contributed by atoms with van der Waals surface area (Å²) in [7, 11) is 0. The number of likely N-dealkylation sites (tertiary alicyclic amines) is 1. The Hall–Kier alpha value is -2.94. The summed E-state index contributed by atoms with van der Waals surface area (Å²) in [6.45, 7) is 8.29. The number of piperidine rings is 2. The first-order valence-corrected chi connectivity index (χ1v) is 16.8. The van der Waals surface area contributed by atoms with Crippen LogP contribution < -0.4 is 10.2 Å². The summed E-state index contributed by atoms with van der Waals surface area (Å²) in [5.74, 6) is 1.56. The molecule has 1 atom stereocenters. The number of benzene rings is 2. The average molecular weight is 620 g/mol. The van der Waals surface area contributed by atoms with Crippen molar-refractivity contribution in [2.24, 2.45) is 0 Å². The van der Waals surface area contributed by atoms with Crippen molar-refractivity contribution in [2.45, 2.75) is 74.7 Å². The van der Waals surface area contributed by atoms with Crippen molar-refractivity contribution in [1.82, 2.24) is 20.2 Å². The first-order valence-electron chi connectivity index (χ1n) is 15.4. The van der Waals surface area contributed by atoms with Crippen molar-refractivity contribution in [2.75, 3.05) is 37.6 Å². The van der Waals surface area contributed by atoms with Crippen molar-refractivity contribution in [3.05, 3.63) is 82.5 Å². The Morgan fingerprint density at radius 1 is 1.02 bits per heavy atom. The Bertz CT molecular complexity index is 1400. The number of carbonyl (C=O) groups excluding carboxylic acids is 2. The first kappa shape index (κ1) is 31.5. The molecular formula is C34H42ClN5O2S. The topological polar surface area (TPSA) is 78.4 Å². The van der Waals surface area contributed by atoms with E-state index in [2.05, 4.69) is 39.2 Å². The van der Waals surface area contributed by atoms with Crippen molar-refractivity contribution in [3.8, 4) is 0 Å². The summed E-state index contributed by atoms with van der Waals surface area (Å²) < 4.78 is 0. The number of halogens is 1. The first-order chi connectivity index (χ1) is 20.8. The van der Waals surface area contributed by atoms with Crippen LogP contribution in [0.2, 0.25) is 5.15 Å². The number of Topliss-reactive ketones (excluding diaryl/α,β-unsaturated/α-hetero) is 1. The van der Waals surface area contributed by atoms with Crippen LogP contribution in [0.15, 0.2) is 65.8 Å². The normalized spacial score (nSPS) is 18.8. The summed E-state index contributed by atoms with van der Waals surface area (Å²) in [5.41, 5.74) is 2.31. The lowest BCUT2D eigenvalue weighted by molar-refractivity contribution is -0.123. The minimum absolute atomic E-state index is 0.0397. The Kier molecular flexibility index (Phi) is 10.8. The van der Waals surface area contributed by atoms with E-state index in [1.807, 2.05) is 42.5 Å². The molecule has 5 rings (SSSR count). The zero-order valence-electron chi connectivity index (χ0n) is 25.2. The quantitative estimate of drug-likeness (QED) is 0.113. The Labute approximate surface area is 264 Å². The second-order valence-corrected chi connectivity index (χ2v) is 13.1. The maximum Gasteiger partial charge on any atom is 0.251 e. The molecule has 9 heteroatoms. The fraction of sp³-hybridized carbons (Fsp3) is 0.471. The summed E-state index contributed by atoms with van der Waals surface area (Å²) in [6.07, 6.45) is 6.28. The van der Waals surface area contributed by atoms with Gasteiger partial charge in [-0.05, 0) is 75.8 Å². The van der Waals surface area contributed by atoms with Crippen molar-refractivity contribution < 1.29 is 9.59 Å². The van der Waals surface area contributed by atoms with E-state index in [0.29, 0.717) is 47.3 Å². The fourth-order valence-electron chi connectivity index (χ4n) is 6.36. The molecule has 2 aliphatic heterocycles. The molecule has 1 N–H and O–H groups in total. The molecule has 0 spiro atoms. The number of hydrogen-bond donors (Lipinski definition) is 1. The third-order valence-electron chi connectivity index (χ3n) is 9.01. The molecule has 0 saturated carbocycles. The standard InChI is InChI=1S/C34H42ClN5O2S/c1-25-10-6-7-18-39(25)19-9-17-36-32(42)28-12-8-11-27(22-28)24-43-33-37-30(35)23-31(38-33)40-20-15-34(16-21-40,26(2)41)29-13-4-3-5-14-29/h3-5,8,11-14,22-23,25H,6-7,9-10,15-21,24H2,1-2H3,(H,36,42). The number of anilines is 1. The molecule has 0 bridgehead atoms. The minimum atomic E-state index is -0.463. The van der Waals surface area contributed by atoms with E-state index >= 15 is 0 Å². The maximum absolute atomic E-state index is 12.8. The largest absolute Gasteiger partial charge is 0.356 e. The molecule has 2 aliphatic rings. The molecule has 1 aromatic heterocycles. The van der Waals surface area contributed by atoms with Gasteiger partial charge in [-0.15, -0.1) is 0 Å². The van der Waals surface area contributed by atoms with E-state index in [-0.39, 0.29) is 11.7 Å². The Morgan fingerprint density at radius 3 is 2.56 bits per heavy atom. The second-order valence-electron chi connectivity index (χ2n) is 11.8. The van der Waals surface area contributed by atoms with Crippen molar-refractivity contribution >= 4 is 40.9 Å². The molecule has 43 heavy (non-hydrogen) atoms. The fourth-order valence-corrected chi connectivity index (χ4v) is 7.38. The van der Waals surface area contributed by atoms with Gasteiger partial charge in [-0.25, -0.2) is 9.97 Å². The number of thioether (sulfide) groups is 1. The van der Waals surface area contributed by atoms with Gasteiger partial charge in [0.15, 0.2) is 5.16 Å². The highest BCUT2D eigenvalue weighted by Crippen LogP contribution is 2.38. The van der Waals surface area contributed by atoms with E-state index in [9.17, 15) is 9.59 Å².